The number of anilines is 1. The van der Waals surface area contributed by atoms with Crippen LogP contribution in [0.15, 0.2) is 46.6 Å². The Morgan fingerprint density at radius 3 is 2.83 bits per heavy atom. The molecule has 23 heavy (non-hydrogen) atoms. The Morgan fingerprint density at radius 2 is 2.04 bits per heavy atom. The minimum Gasteiger partial charge on any atom is -0.385 e. The van der Waals surface area contributed by atoms with E-state index in [1.165, 1.54) is 16.1 Å². The predicted molar refractivity (Wildman–Crippen MR) is 96.9 cm³/mol. The Kier molecular flexibility index (Phi) is 3.52. The van der Waals surface area contributed by atoms with Crippen molar-refractivity contribution in [3.63, 3.8) is 0 Å². The van der Waals surface area contributed by atoms with E-state index in [1.54, 1.807) is 6.08 Å². The highest BCUT2D eigenvalue weighted by Gasteiger charge is 2.37. The second-order valence-corrected chi connectivity index (χ2v) is 11.2. The molecule has 2 aliphatic heterocycles. The molecule has 5 heteroatoms. The third kappa shape index (κ3) is 2.49. The maximum atomic E-state index is 9.97. The molecule has 1 N–H and O–H groups in total. The number of fused-ring (bicyclic) bond motifs is 2. The summed E-state index contributed by atoms with van der Waals surface area (Å²) in [5, 5.41) is 12.6. The molecule has 1 atom stereocenters. The quantitative estimate of drug-likeness (QED) is 0.802. The SMILES string of the molecule is C[Si]1(C)C2=CC(O)C=CC2=Nc2ccc(N3CCOCC3)cc21. The van der Waals surface area contributed by atoms with E-state index in [0.717, 1.165) is 37.7 Å². The van der Waals surface area contributed by atoms with E-state index in [2.05, 4.69) is 36.2 Å². The van der Waals surface area contributed by atoms with Gasteiger partial charge in [-0.05, 0) is 34.7 Å². The molecule has 3 aliphatic rings. The maximum Gasteiger partial charge on any atom is 0.117 e. The molecule has 1 unspecified atom stereocenters. The minimum atomic E-state index is -1.85. The molecule has 0 radical (unpaired) electrons. The number of aliphatic hydroxyl groups excluding tert-OH is 1. The van der Waals surface area contributed by atoms with Gasteiger partial charge in [-0.15, -0.1) is 0 Å². The number of benzene rings is 1. The summed E-state index contributed by atoms with van der Waals surface area (Å²) in [7, 11) is -1.85. The summed E-state index contributed by atoms with van der Waals surface area (Å²) in [6.45, 7) is 8.17. The van der Waals surface area contributed by atoms with Gasteiger partial charge >= 0.3 is 0 Å². The zero-order chi connectivity index (χ0) is 16.0. The van der Waals surface area contributed by atoms with Crippen molar-refractivity contribution in [3.05, 3.63) is 41.6 Å². The Bertz CT molecular complexity index is 731. The molecule has 4 nitrogen and oxygen atoms in total. The van der Waals surface area contributed by atoms with Gasteiger partial charge in [0.05, 0.1) is 30.7 Å². The maximum absolute atomic E-state index is 9.97. The number of ether oxygens (including phenoxy) is 1. The topological polar surface area (TPSA) is 45.1 Å². The molecule has 1 aromatic carbocycles. The van der Waals surface area contributed by atoms with Crippen LogP contribution >= 0.6 is 0 Å². The van der Waals surface area contributed by atoms with Crippen LogP contribution in [0, 0.1) is 0 Å². The molecule has 0 spiro atoms. The van der Waals surface area contributed by atoms with Gasteiger partial charge in [0, 0.05) is 18.8 Å². The summed E-state index contributed by atoms with van der Waals surface area (Å²) in [5.74, 6) is 0. The van der Waals surface area contributed by atoms with E-state index >= 15 is 0 Å². The standard InChI is InChI=1S/C18H22N2O2Si/c1-23(2)17-11-13(20-7-9-22-10-8-20)3-5-15(17)19-16-6-4-14(21)12-18(16)23/h3-6,11-12,14,21H,7-10H2,1-2H3. The lowest BCUT2D eigenvalue weighted by Gasteiger charge is -2.36. The number of allylic oxidation sites excluding steroid dienone is 2. The van der Waals surface area contributed by atoms with Gasteiger partial charge < -0.3 is 14.7 Å². The number of hydrogen-bond acceptors (Lipinski definition) is 4. The molecule has 2 heterocycles. The summed E-state index contributed by atoms with van der Waals surface area (Å²) in [5.41, 5.74) is 3.38. The van der Waals surface area contributed by atoms with Crippen LogP contribution in [-0.4, -0.2) is 51.3 Å². The number of aliphatic hydroxyl groups is 1. The first-order valence-electron chi connectivity index (χ1n) is 8.20. The summed E-state index contributed by atoms with van der Waals surface area (Å²) in [4.78, 5) is 7.21. The van der Waals surface area contributed by atoms with Gasteiger partial charge in [-0.2, -0.15) is 0 Å². The number of morpholine rings is 1. The Balaban J connectivity index is 1.79. The van der Waals surface area contributed by atoms with E-state index in [1.807, 2.05) is 12.2 Å². The zero-order valence-corrected chi connectivity index (χ0v) is 14.6. The van der Waals surface area contributed by atoms with E-state index in [4.69, 9.17) is 9.73 Å². The lowest BCUT2D eigenvalue weighted by molar-refractivity contribution is 0.122. The Labute approximate surface area is 137 Å². The zero-order valence-electron chi connectivity index (χ0n) is 13.6. The molecule has 0 amide bonds. The number of aliphatic imine (C=N–C) groups is 1. The van der Waals surface area contributed by atoms with E-state index in [0.29, 0.717) is 0 Å². The molecule has 0 bridgehead atoms. The van der Waals surface area contributed by atoms with E-state index in [-0.39, 0.29) is 0 Å². The smallest absolute Gasteiger partial charge is 0.117 e. The summed E-state index contributed by atoms with van der Waals surface area (Å²) < 4.78 is 5.46. The first-order valence-corrected chi connectivity index (χ1v) is 11.2. The molecule has 120 valence electrons. The van der Waals surface area contributed by atoms with Crippen molar-refractivity contribution in [2.75, 3.05) is 31.2 Å². The van der Waals surface area contributed by atoms with Crippen LogP contribution in [0.4, 0.5) is 11.4 Å². The molecule has 1 aromatic rings. The van der Waals surface area contributed by atoms with Gasteiger partial charge in [-0.3, -0.25) is 0 Å². The average Bonchev–Trinajstić information content (AvgIpc) is 2.56. The highest BCUT2D eigenvalue weighted by atomic mass is 28.3. The minimum absolute atomic E-state index is 0.486. The molecule has 0 aromatic heterocycles. The second kappa shape index (κ2) is 5.44. The largest absolute Gasteiger partial charge is 0.385 e. The first kappa shape index (κ1) is 14.9. The van der Waals surface area contributed by atoms with Crippen LogP contribution in [0.3, 0.4) is 0 Å². The van der Waals surface area contributed by atoms with Crippen LogP contribution in [0.1, 0.15) is 0 Å². The fourth-order valence-electron chi connectivity index (χ4n) is 3.63. The van der Waals surface area contributed by atoms with Crippen molar-refractivity contribution < 1.29 is 9.84 Å². The first-order chi connectivity index (χ1) is 11.1. The number of hydrogen-bond donors (Lipinski definition) is 1. The fraction of sp³-hybridized carbons (Fsp3) is 0.389. The monoisotopic (exact) mass is 326 g/mol. The Morgan fingerprint density at radius 1 is 1.26 bits per heavy atom. The lowest BCUT2D eigenvalue weighted by Crippen LogP contribution is -2.50. The fourth-order valence-corrected chi connectivity index (χ4v) is 6.58. The van der Waals surface area contributed by atoms with Crippen molar-refractivity contribution in [2.24, 2.45) is 4.99 Å². The number of nitrogens with zero attached hydrogens (tertiary/aromatic N) is 2. The van der Waals surface area contributed by atoms with Gasteiger partial charge in [0.15, 0.2) is 0 Å². The van der Waals surface area contributed by atoms with Crippen molar-refractivity contribution in [1.82, 2.24) is 0 Å². The van der Waals surface area contributed by atoms with Crippen LogP contribution in [0.2, 0.25) is 13.1 Å². The van der Waals surface area contributed by atoms with Gasteiger partial charge in [0.1, 0.15) is 8.07 Å². The van der Waals surface area contributed by atoms with Crippen molar-refractivity contribution in [3.8, 4) is 0 Å². The molecule has 4 rings (SSSR count). The van der Waals surface area contributed by atoms with Crippen molar-refractivity contribution >= 4 is 30.3 Å². The Hall–Kier alpha value is -1.69. The third-order valence-electron chi connectivity index (χ3n) is 5.01. The highest BCUT2D eigenvalue weighted by molar-refractivity contribution is 7.00. The normalized spacial score (nSPS) is 25.3. The number of rotatable bonds is 1. The molecule has 1 saturated heterocycles. The third-order valence-corrected chi connectivity index (χ3v) is 8.53. The van der Waals surface area contributed by atoms with Crippen molar-refractivity contribution in [2.45, 2.75) is 19.2 Å². The van der Waals surface area contributed by atoms with Crippen LogP contribution in [-0.2, 0) is 4.74 Å². The van der Waals surface area contributed by atoms with E-state index in [9.17, 15) is 5.11 Å². The molecular weight excluding hydrogens is 304 g/mol. The molecular formula is C18H22N2O2Si. The van der Waals surface area contributed by atoms with Gasteiger partial charge in [-0.1, -0.05) is 25.2 Å². The van der Waals surface area contributed by atoms with Crippen LogP contribution < -0.4 is 10.1 Å². The van der Waals surface area contributed by atoms with Gasteiger partial charge in [-0.25, -0.2) is 4.99 Å². The van der Waals surface area contributed by atoms with Gasteiger partial charge in [0.25, 0.3) is 0 Å². The predicted octanol–water partition coefficient (Wildman–Crippen LogP) is 1.92. The molecule has 1 aliphatic carbocycles. The van der Waals surface area contributed by atoms with Crippen LogP contribution in [0.5, 0.6) is 0 Å². The summed E-state index contributed by atoms with van der Waals surface area (Å²) in [6.07, 6.45) is 5.27. The highest BCUT2D eigenvalue weighted by Crippen LogP contribution is 2.32. The van der Waals surface area contributed by atoms with Gasteiger partial charge in [0.2, 0.25) is 0 Å². The van der Waals surface area contributed by atoms with Crippen LogP contribution in [0.25, 0.3) is 0 Å². The second-order valence-electron chi connectivity index (χ2n) is 6.85. The summed E-state index contributed by atoms with van der Waals surface area (Å²) >= 11 is 0. The molecule has 0 saturated carbocycles. The lowest BCUT2D eigenvalue weighted by atomic mass is 10.1. The summed E-state index contributed by atoms with van der Waals surface area (Å²) in [6, 6.07) is 6.64. The average molecular weight is 326 g/mol. The van der Waals surface area contributed by atoms with E-state index < -0.39 is 14.2 Å². The van der Waals surface area contributed by atoms with Crippen molar-refractivity contribution in [1.29, 1.82) is 0 Å². The molecule has 1 fully saturated rings.